The highest BCUT2D eigenvalue weighted by atomic mass is 16.4. The molecular weight excluding hydrogens is 264 g/mol. The van der Waals surface area contributed by atoms with Gasteiger partial charge in [-0.05, 0) is 64.8 Å². The Labute approximate surface area is 129 Å². The van der Waals surface area contributed by atoms with Crippen molar-refractivity contribution in [1.82, 2.24) is 10.2 Å². The van der Waals surface area contributed by atoms with Crippen LogP contribution in [0.15, 0.2) is 0 Å². The number of hydrogen-bond donors (Lipinski definition) is 2. The lowest BCUT2D eigenvalue weighted by Crippen LogP contribution is -2.59. The second-order valence-electron chi connectivity index (χ2n) is 7.70. The summed E-state index contributed by atoms with van der Waals surface area (Å²) in [5.41, 5.74) is -0.685. The van der Waals surface area contributed by atoms with Crippen molar-refractivity contribution in [3.05, 3.63) is 0 Å². The van der Waals surface area contributed by atoms with E-state index >= 15 is 0 Å². The van der Waals surface area contributed by atoms with Gasteiger partial charge in [-0.3, -0.25) is 10.1 Å². The van der Waals surface area contributed by atoms with Crippen molar-refractivity contribution in [2.24, 2.45) is 5.92 Å². The summed E-state index contributed by atoms with van der Waals surface area (Å²) < 4.78 is 0. The summed E-state index contributed by atoms with van der Waals surface area (Å²) in [5.74, 6) is 0.0314. The molecule has 0 heterocycles. The van der Waals surface area contributed by atoms with Crippen LogP contribution in [0.2, 0.25) is 0 Å². The molecular formula is C17H32N2O2. The van der Waals surface area contributed by atoms with Crippen molar-refractivity contribution in [2.45, 2.75) is 89.4 Å². The van der Waals surface area contributed by atoms with Crippen molar-refractivity contribution in [3.63, 3.8) is 0 Å². The van der Waals surface area contributed by atoms with E-state index in [4.69, 9.17) is 0 Å². The summed E-state index contributed by atoms with van der Waals surface area (Å²) in [5, 5.41) is 13.2. The van der Waals surface area contributed by atoms with Gasteiger partial charge in [0.05, 0.1) is 0 Å². The summed E-state index contributed by atoms with van der Waals surface area (Å²) in [7, 11) is 2.17. The molecule has 2 aliphatic rings. The third-order valence-electron chi connectivity index (χ3n) is 5.28. The molecule has 21 heavy (non-hydrogen) atoms. The molecule has 122 valence electrons. The maximum absolute atomic E-state index is 11.9. The summed E-state index contributed by atoms with van der Waals surface area (Å²) in [6.45, 7) is 6.77. The minimum atomic E-state index is -0.685. The number of hydrogen-bond acceptors (Lipinski definition) is 3. The van der Waals surface area contributed by atoms with Gasteiger partial charge in [0.2, 0.25) is 0 Å². The first-order valence-corrected chi connectivity index (χ1v) is 8.57. The Morgan fingerprint density at radius 3 is 2.52 bits per heavy atom. The van der Waals surface area contributed by atoms with E-state index in [2.05, 4.69) is 38.0 Å². The van der Waals surface area contributed by atoms with Crippen molar-refractivity contribution in [3.8, 4) is 0 Å². The first kappa shape index (κ1) is 16.8. The van der Waals surface area contributed by atoms with E-state index in [1.807, 2.05) is 0 Å². The van der Waals surface area contributed by atoms with Crippen LogP contribution in [0.4, 0.5) is 0 Å². The lowest BCUT2D eigenvalue weighted by Gasteiger charge is -2.44. The molecule has 0 aromatic heterocycles. The van der Waals surface area contributed by atoms with E-state index in [9.17, 15) is 9.90 Å². The molecule has 3 unspecified atom stereocenters. The van der Waals surface area contributed by atoms with E-state index < -0.39 is 11.5 Å². The molecule has 0 bridgehead atoms. The van der Waals surface area contributed by atoms with Gasteiger partial charge in [0.15, 0.2) is 0 Å². The van der Waals surface area contributed by atoms with Crippen molar-refractivity contribution < 1.29 is 9.90 Å². The van der Waals surface area contributed by atoms with E-state index in [1.165, 1.54) is 6.42 Å². The standard InChI is InChI=1S/C17H32N2O2/c1-12(2)10-13(3)19(4)15-6-5-9-17(11-15,16(20)21)18-14-7-8-14/h12-15,18H,5-11H2,1-4H3,(H,20,21). The minimum Gasteiger partial charge on any atom is -0.480 e. The van der Waals surface area contributed by atoms with Gasteiger partial charge < -0.3 is 10.0 Å². The molecule has 4 nitrogen and oxygen atoms in total. The van der Waals surface area contributed by atoms with E-state index in [0.29, 0.717) is 24.0 Å². The third-order valence-corrected chi connectivity index (χ3v) is 5.28. The normalized spacial score (nSPS) is 31.6. The Balaban J connectivity index is 2.02. The number of nitrogens with zero attached hydrogens (tertiary/aromatic N) is 1. The van der Waals surface area contributed by atoms with Gasteiger partial charge in [0.1, 0.15) is 5.54 Å². The molecule has 0 radical (unpaired) electrons. The lowest BCUT2D eigenvalue weighted by atomic mass is 9.77. The van der Waals surface area contributed by atoms with Gasteiger partial charge in [0, 0.05) is 18.1 Å². The van der Waals surface area contributed by atoms with E-state index in [1.54, 1.807) is 0 Å². The largest absolute Gasteiger partial charge is 0.480 e. The second-order valence-corrected chi connectivity index (χ2v) is 7.70. The molecule has 2 fully saturated rings. The molecule has 4 heteroatoms. The molecule has 2 saturated carbocycles. The monoisotopic (exact) mass is 296 g/mol. The molecule has 2 rings (SSSR count). The fraction of sp³-hybridized carbons (Fsp3) is 0.941. The maximum Gasteiger partial charge on any atom is 0.323 e. The highest BCUT2D eigenvalue weighted by Crippen LogP contribution is 2.35. The van der Waals surface area contributed by atoms with Gasteiger partial charge in [-0.1, -0.05) is 13.8 Å². The van der Waals surface area contributed by atoms with Crippen LogP contribution in [-0.4, -0.2) is 46.7 Å². The zero-order chi connectivity index (χ0) is 15.6. The fourth-order valence-electron chi connectivity index (χ4n) is 3.81. The van der Waals surface area contributed by atoms with Gasteiger partial charge >= 0.3 is 5.97 Å². The number of nitrogens with one attached hydrogen (secondary N) is 1. The third kappa shape index (κ3) is 4.19. The Bertz CT molecular complexity index is 368. The molecule has 0 aliphatic heterocycles. The average Bonchev–Trinajstić information content (AvgIpc) is 3.21. The molecule has 0 saturated heterocycles. The summed E-state index contributed by atoms with van der Waals surface area (Å²) in [4.78, 5) is 14.3. The van der Waals surface area contributed by atoms with Crippen LogP contribution in [0, 0.1) is 5.92 Å². The van der Waals surface area contributed by atoms with Crippen LogP contribution in [0.5, 0.6) is 0 Å². The molecule has 2 aliphatic carbocycles. The van der Waals surface area contributed by atoms with E-state index in [-0.39, 0.29) is 0 Å². The predicted molar refractivity (Wildman–Crippen MR) is 85.5 cm³/mol. The molecule has 0 amide bonds. The Morgan fingerprint density at radius 1 is 1.33 bits per heavy atom. The Hall–Kier alpha value is -0.610. The van der Waals surface area contributed by atoms with E-state index in [0.717, 1.165) is 38.5 Å². The highest BCUT2D eigenvalue weighted by Gasteiger charge is 2.46. The van der Waals surface area contributed by atoms with Crippen molar-refractivity contribution in [1.29, 1.82) is 0 Å². The van der Waals surface area contributed by atoms with Crippen LogP contribution in [0.3, 0.4) is 0 Å². The zero-order valence-corrected chi connectivity index (χ0v) is 14.1. The van der Waals surface area contributed by atoms with Crippen LogP contribution < -0.4 is 5.32 Å². The predicted octanol–water partition coefficient (Wildman–Crippen LogP) is 2.87. The maximum atomic E-state index is 11.9. The van der Waals surface area contributed by atoms with Crippen LogP contribution in [-0.2, 0) is 4.79 Å². The first-order chi connectivity index (χ1) is 9.84. The summed E-state index contributed by atoms with van der Waals surface area (Å²) in [6.07, 6.45) is 7.11. The molecule has 0 spiro atoms. The summed E-state index contributed by atoms with van der Waals surface area (Å²) >= 11 is 0. The number of aliphatic carboxylic acids is 1. The zero-order valence-electron chi connectivity index (χ0n) is 14.1. The molecule has 0 aromatic rings. The van der Waals surface area contributed by atoms with Crippen LogP contribution in [0.25, 0.3) is 0 Å². The topological polar surface area (TPSA) is 52.6 Å². The van der Waals surface area contributed by atoms with Crippen LogP contribution in [0.1, 0.15) is 65.7 Å². The van der Waals surface area contributed by atoms with Gasteiger partial charge in [-0.25, -0.2) is 0 Å². The van der Waals surface area contributed by atoms with Crippen molar-refractivity contribution in [2.75, 3.05) is 7.05 Å². The Morgan fingerprint density at radius 2 is 2.00 bits per heavy atom. The number of rotatable bonds is 7. The fourth-order valence-corrected chi connectivity index (χ4v) is 3.81. The number of carboxylic acids is 1. The number of carboxylic acid groups (broad SMARTS) is 1. The summed E-state index contributed by atoms with van der Waals surface area (Å²) in [6, 6.07) is 1.34. The number of carbonyl (C=O) groups is 1. The Kier molecular flexibility index (Phi) is 5.31. The average molecular weight is 296 g/mol. The molecule has 0 aromatic carbocycles. The van der Waals surface area contributed by atoms with Gasteiger partial charge in [-0.2, -0.15) is 0 Å². The quantitative estimate of drug-likeness (QED) is 0.758. The van der Waals surface area contributed by atoms with Crippen molar-refractivity contribution >= 4 is 5.97 Å². The SMILES string of the molecule is CC(C)CC(C)N(C)C1CCCC(NC2CC2)(C(=O)O)C1. The highest BCUT2D eigenvalue weighted by molar-refractivity contribution is 5.79. The molecule has 2 N–H and O–H groups in total. The van der Waals surface area contributed by atoms with Gasteiger partial charge in [0.25, 0.3) is 0 Å². The lowest BCUT2D eigenvalue weighted by molar-refractivity contribution is -0.147. The molecule has 3 atom stereocenters. The van der Waals surface area contributed by atoms with Gasteiger partial charge in [-0.15, -0.1) is 0 Å². The smallest absolute Gasteiger partial charge is 0.323 e. The van der Waals surface area contributed by atoms with Crippen LogP contribution >= 0.6 is 0 Å². The second kappa shape index (κ2) is 6.66. The minimum absolute atomic E-state index is 0.384. The first-order valence-electron chi connectivity index (χ1n) is 8.57.